The maximum Gasteiger partial charge on any atom is 0.341 e. The summed E-state index contributed by atoms with van der Waals surface area (Å²) in [6.07, 6.45) is 2.86. The van der Waals surface area contributed by atoms with E-state index in [9.17, 15) is 9.59 Å². The van der Waals surface area contributed by atoms with Gasteiger partial charge in [0.05, 0.1) is 28.1 Å². The summed E-state index contributed by atoms with van der Waals surface area (Å²) in [5.74, 6) is 0.371. The van der Waals surface area contributed by atoms with Gasteiger partial charge in [0.1, 0.15) is 5.00 Å². The highest BCUT2D eigenvalue weighted by molar-refractivity contribution is 8.01. The minimum Gasteiger partial charge on any atom is -0.462 e. The zero-order valence-electron chi connectivity index (χ0n) is 16.3. The number of thiazole rings is 1. The lowest BCUT2D eigenvalue weighted by Crippen LogP contribution is -2.17. The predicted octanol–water partition coefficient (Wildman–Crippen LogP) is 5.39. The summed E-state index contributed by atoms with van der Waals surface area (Å²) in [5.41, 5.74) is 2.56. The van der Waals surface area contributed by atoms with E-state index in [0.717, 1.165) is 39.4 Å². The van der Waals surface area contributed by atoms with E-state index >= 15 is 0 Å². The van der Waals surface area contributed by atoms with Gasteiger partial charge in [0.15, 0.2) is 4.34 Å². The van der Waals surface area contributed by atoms with Crippen LogP contribution in [0.3, 0.4) is 0 Å². The van der Waals surface area contributed by atoms with Gasteiger partial charge in [-0.3, -0.25) is 4.79 Å². The van der Waals surface area contributed by atoms with Crippen molar-refractivity contribution < 1.29 is 14.3 Å². The Hall–Kier alpha value is -1.90. The molecule has 0 fully saturated rings. The van der Waals surface area contributed by atoms with Crippen molar-refractivity contribution in [2.75, 3.05) is 17.7 Å². The molecule has 8 heteroatoms. The van der Waals surface area contributed by atoms with E-state index in [-0.39, 0.29) is 17.6 Å². The number of carbonyl (C=O) groups is 2. The number of fused-ring (bicyclic) bond motifs is 2. The minimum absolute atomic E-state index is 0.133. The molecule has 0 unspecified atom stereocenters. The zero-order valence-corrected chi connectivity index (χ0v) is 18.8. The van der Waals surface area contributed by atoms with E-state index < -0.39 is 0 Å². The Morgan fingerprint density at radius 1 is 1.31 bits per heavy atom. The number of rotatable bonds is 6. The fourth-order valence-corrected chi connectivity index (χ4v) is 6.74. The summed E-state index contributed by atoms with van der Waals surface area (Å²) in [6.45, 7) is 4.34. The number of aromatic nitrogens is 1. The molecule has 0 aliphatic heterocycles. The van der Waals surface area contributed by atoms with Crippen LogP contribution in [-0.2, 0) is 22.4 Å². The first-order valence-electron chi connectivity index (χ1n) is 9.65. The summed E-state index contributed by atoms with van der Waals surface area (Å²) in [4.78, 5) is 30.9. The first kappa shape index (κ1) is 20.4. The van der Waals surface area contributed by atoms with Crippen LogP contribution >= 0.6 is 34.4 Å². The van der Waals surface area contributed by atoms with Crippen molar-refractivity contribution in [2.45, 2.75) is 37.4 Å². The Morgan fingerprint density at radius 3 is 2.93 bits per heavy atom. The van der Waals surface area contributed by atoms with Crippen LogP contribution in [-0.4, -0.2) is 29.2 Å². The number of thiophene rings is 1. The predicted molar refractivity (Wildman–Crippen MR) is 120 cm³/mol. The Morgan fingerprint density at radius 2 is 2.14 bits per heavy atom. The van der Waals surface area contributed by atoms with Crippen LogP contribution in [0.2, 0.25) is 0 Å². The second-order valence-electron chi connectivity index (χ2n) is 7.06. The van der Waals surface area contributed by atoms with Crippen molar-refractivity contribution in [3.8, 4) is 0 Å². The highest BCUT2D eigenvalue weighted by atomic mass is 32.2. The van der Waals surface area contributed by atoms with E-state index in [1.807, 2.05) is 24.3 Å². The van der Waals surface area contributed by atoms with Crippen molar-refractivity contribution in [3.63, 3.8) is 0 Å². The summed E-state index contributed by atoms with van der Waals surface area (Å²) >= 11 is 4.52. The monoisotopic (exact) mass is 446 g/mol. The van der Waals surface area contributed by atoms with Gasteiger partial charge in [-0.2, -0.15) is 0 Å². The fraction of sp³-hybridized carbons (Fsp3) is 0.381. The average molecular weight is 447 g/mol. The molecule has 29 heavy (non-hydrogen) atoms. The second-order valence-corrected chi connectivity index (χ2v) is 10.4. The van der Waals surface area contributed by atoms with Crippen LogP contribution in [0, 0.1) is 5.92 Å². The number of nitrogens with one attached hydrogen (secondary N) is 1. The number of thioether (sulfide) groups is 1. The number of ether oxygens (including phenoxy) is 1. The maximum atomic E-state index is 12.6. The molecule has 3 aromatic rings. The van der Waals surface area contributed by atoms with Gasteiger partial charge in [-0.15, -0.1) is 22.7 Å². The molecule has 4 rings (SSSR count). The highest BCUT2D eigenvalue weighted by Crippen LogP contribution is 2.40. The molecule has 2 aromatic heterocycles. The lowest BCUT2D eigenvalue weighted by Gasteiger charge is -2.18. The molecule has 0 spiro atoms. The van der Waals surface area contributed by atoms with Crippen LogP contribution in [0.25, 0.3) is 10.2 Å². The van der Waals surface area contributed by atoms with Crippen molar-refractivity contribution in [2.24, 2.45) is 5.92 Å². The molecule has 152 valence electrons. The number of carbonyl (C=O) groups excluding carboxylic acids is 2. The Labute approximate surface area is 181 Å². The van der Waals surface area contributed by atoms with Gasteiger partial charge in [-0.25, -0.2) is 9.78 Å². The number of hydrogen-bond donors (Lipinski definition) is 1. The lowest BCUT2D eigenvalue weighted by molar-refractivity contribution is -0.113. The Balaban J connectivity index is 1.48. The van der Waals surface area contributed by atoms with Gasteiger partial charge in [0.2, 0.25) is 5.91 Å². The molecular weight excluding hydrogens is 424 g/mol. The van der Waals surface area contributed by atoms with Crippen molar-refractivity contribution in [3.05, 3.63) is 40.3 Å². The van der Waals surface area contributed by atoms with E-state index in [1.54, 1.807) is 18.3 Å². The number of nitrogens with zero attached hydrogens (tertiary/aromatic N) is 1. The standard InChI is InChI=1S/C21H22N2O3S3/c1-3-26-20(25)18-13-9-8-12(2)10-16(13)28-19(18)23-17(24)11-27-21-22-14-6-4-5-7-15(14)29-21/h4-7,12H,3,8-11H2,1-2H3,(H,23,24)/t12-/m1/s1. The van der Waals surface area contributed by atoms with E-state index in [4.69, 9.17) is 4.74 Å². The quantitative estimate of drug-likeness (QED) is 0.406. The fourth-order valence-electron chi connectivity index (χ4n) is 3.46. The number of amides is 1. The van der Waals surface area contributed by atoms with Gasteiger partial charge in [0.25, 0.3) is 0 Å². The molecule has 1 aromatic carbocycles. The van der Waals surface area contributed by atoms with Crippen molar-refractivity contribution in [1.29, 1.82) is 0 Å². The van der Waals surface area contributed by atoms with Gasteiger partial charge in [0, 0.05) is 4.88 Å². The zero-order chi connectivity index (χ0) is 20.4. The molecule has 1 aliphatic carbocycles. The molecule has 1 amide bonds. The third kappa shape index (κ3) is 4.49. The summed E-state index contributed by atoms with van der Waals surface area (Å²) in [7, 11) is 0. The van der Waals surface area contributed by atoms with E-state index in [0.29, 0.717) is 23.1 Å². The number of anilines is 1. The topological polar surface area (TPSA) is 68.3 Å². The van der Waals surface area contributed by atoms with Crippen LogP contribution < -0.4 is 5.32 Å². The SMILES string of the molecule is CCOC(=O)c1c(NC(=O)CSc2nc3ccccc3s2)sc2c1CC[C@@H](C)C2. The third-order valence-corrected chi connectivity index (χ3v) is 8.19. The first-order valence-corrected chi connectivity index (χ1v) is 12.3. The molecule has 0 saturated heterocycles. The highest BCUT2D eigenvalue weighted by Gasteiger charge is 2.29. The van der Waals surface area contributed by atoms with Gasteiger partial charge < -0.3 is 10.1 Å². The molecule has 2 heterocycles. The van der Waals surface area contributed by atoms with Crippen LogP contribution in [0.4, 0.5) is 5.00 Å². The van der Waals surface area contributed by atoms with E-state index in [2.05, 4.69) is 17.2 Å². The van der Waals surface area contributed by atoms with Gasteiger partial charge >= 0.3 is 5.97 Å². The third-order valence-electron chi connectivity index (χ3n) is 4.85. The number of benzene rings is 1. The maximum absolute atomic E-state index is 12.6. The van der Waals surface area contributed by atoms with Gasteiger partial charge in [-0.05, 0) is 49.8 Å². The smallest absolute Gasteiger partial charge is 0.341 e. The Kier molecular flexibility index (Phi) is 6.22. The lowest BCUT2D eigenvalue weighted by atomic mass is 9.88. The molecular formula is C21H22N2O3S3. The molecule has 0 radical (unpaired) electrons. The van der Waals surface area contributed by atoms with Crippen LogP contribution in [0.1, 0.15) is 41.1 Å². The van der Waals surface area contributed by atoms with Gasteiger partial charge in [-0.1, -0.05) is 30.8 Å². The van der Waals surface area contributed by atoms with Crippen molar-refractivity contribution in [1.82, 2.24) is 4.98 Å². The Bertz CT molecular complexity index is 1020. The summed E-state index contributed by atoms with van der Waals surface area (Å²) in [6, 6.07) is 7.94. The largest absolute Gasteiger partial charge is 0.462 e. The summed E-state index contributed by atoms with van der Waals surface area (Å²) < 4.78 is 7.25. The minimum atomic E-state index is -0.339. The number of hydrogen-bond acceptors (Lipinski definition) is 7. The molecule has 0 bridgehead atoms. The second kappa shape index (κ2) is 8.85. The van der Waals surface area contributed by atoms with Crippen LogP contribution in [0.5, 0.6) is 0 Å². The van der Waals surface area contributed by atoms with Crippen molar-refractivity contribution >= 4 is 61.5 Å². The normalized spacial score (nSPS) is 15.9. The molecule has 1 atom stereocenters. The average Bonchev–Trinajstić information content (AvgIpc) is 3.26. The summed E-state index contributed by atoms with van der Waals surface area (Å²) in [5, 5.41) is 3.58. The first-order chi connectivity index (χ1) is 14.0. The van der Waals surface area contributed by atoms with E-state index in [1.165, 1.54) is 28.0 Å². The molecule has 5 nitrogen and oxygen atoms in total. The number of esters is 1. The van der Waals surface area contributed by atoms with Crippen LogP contribution in [0.15, 0.2) is 28.6 Å². The molecule has 0 saturated carbocycles. The molecule has 1 aliphatic rings. The molecule has 1 N–H and O–H groups in total. The number of para-hydroxylation sites is 1.